The number of hydrogen-bond donors (Lipinski definition) is 1. The number of thioether (sulfide) groups is 1. The van der Waals surface area contributed by atoms with Crippen molar-refractivity contribution in [2.75, 3.05) is 11.4 Å². The number of nitrogens with zero attached hydrogens (tertiary/aromatic N) is 1. The topological polar surface area (TPSA) is 49.4 Å². The number of rotatable bonds is 10. The first-order valence-electron chi connectivity index (χ1n) is 12.4. The molecule has 0 spiro atoms. The molecule has 0 heterocycles. The van der Waals surface area contributed by atoms with Crippen molar-refractivity contribution in [3.05, 3.63) is 132 Å². The maximum atomic E-state index is 13.7. The zero-order valence-corrected chi connectivity index (χ0v) is 22.1. The number of carbonyl (C=O) groups excluding carboxylic acids is 2. The molecule has 4 aromatic carbocycles. The van der Waals surface area contributed by atoms with Crippen molar-refractivity contribution in [2.45, 2.75) is 29.3 Å². The molecule has 1 atom stereocenters. The van der Waals surface area contributed by atoms with Crippen LogP contribution in [-0.4, -0.2) is 30.6 Å². The molecule has 4 rings (SSSR count). The highest BCUT2D eigenvalue weighted by Crippen LogP contribution is 2.28. The molecule has 0 aliphatic heterocycles. The summed E-state index contributed by atoms with van der Waals surface area (Å²) in [6.45, 7) is -0.434. The van der Waals surface area contributed by atoms with Gasteiger partial charge in [-0.15, -0.1) is 11.8 Å². The number of amides is 2. The minimum atomic E-state index is -5.13. The fourth-order valence-electron chi connectivity index (χ4n) is 4.07. The lowest BCUT2D eigenvalue weighted by atomic mass is 10.0. The van der Waals surface area contributed by atoms with E-state index in [1.165, 1.54) is 36.0 Å². The van der Waals surface area contributed by atoms with Crippen LogP contribution in [0.15, 0.2) is 114 Å². The van der Waals surface area contributed by atoms with E-state index in [0.29, 0.717) is 10.7 Å². The van der Waals surface area contributed by atoms with Crippen molar-refractivity contribution < 1.29 is 27.2 Å². The van der Waals surface area contributed by atoms with E-state index in [9.17, 15) is 27.2 Å². The van der Waals surface area contributed by atoms with E-state index in [2.05, 4.69) is 5.32 Å². The minimum absolute atomic E-state index is 0.0560. The van der Waals surface area contributed by atoms with Gasteiger partial charge in [0.05, 0.1) is 6.04 Å². The Labute approximate surface area is 234 Å². The average Bonchev–Trinajstić information content (AvgIpc) is 2.95. The SMILES string of the molecule is O=C(N[C@@H](Cc1ccccc1)CN(C(=O)C(F)(F)F)c1ccc(SCc2ccccc2)cc1)c1ccc(F)cc1. The van der Waals surface area contributed by atoms with Crippen molar-refractivity contribution >= 4 is 29.3 Å². The van der Waals surface area contributed by atoms with E-state index >= 15 is 0 Å². The molecule has 9 heteroatoms. The van der Waals surface area contributed by atoms with Crippen LogP contribution in [0.4, 0.5) is 23.2 Å². The van der Waals surface area contributed by atoms with Gasteiger partial charge in [0, 0.05) is 28.4 Å². The van der Waals surface area contributed by atoms with E-state index in [4.69, 9.17) is 0 Å². The Morgan fingerprint density at radius 2 is 1.35 bits per heavy atom. The van der Waals surface area contributed by atoms with E-state index in [1.807, 2.05) is 30.3 Å². The fraction of sp³-hybridized carbons (Fsp3) is 0.161. The molecule has 40 heavy (non-hydrogen) atoms. The lowest BCUT2D eigenvalue weighted by molar-refractivity contribution is -0.170. The molecule has 0 aromatic heterocycles. The van der Waals surface area contributed by atoms with Gasteiger partial charge in [-0.1, -0.05) is 60.7 Å². The van der Waals surface area contributed by atoms with E-state index in [-0.39, 0.29) is 17.7 Å². The number of hydrogen-bond acceptors (Lipinski definition) is 3. The molecule has 0 bridgehead atoms. The summed E-state index contributed by atoms with van der Waals surface area (Å²) in [5, 5.41) is 2.73. The Hall–Kier alpha value is -4.11. The third kappa shape index (κ3) is 8.19. The van der Waals surface area contributed by atoms with Crippen molar-refractivity contribution in [1.82, 2.24) is 5.32 Å². The summed E-state index contributed by atoms with van der Waals surface area (Å²) in [5.41, 5.74) is 2.07. The molecule has 0 saturated heterocycles. The normalized spacial score (nSPS) is 12.0. The summed E-state index contributed by atoms with van der Waals surface area (Å²) < 4.78 is 54.4. The zero-order valence-electron chi connectivity index (χ0n) is 21.3. The first-order valence-corrected chi connectivity index (χ1v) is 13.4. The lowest BCUT2D eigenvalue weighted by Crippen LogP contribution is -2.50. The van der Waals surface area contributed by atoms with Crippen LogP contribution in [0, 0.1) is 5.82 Å². The van der Waals surface area contributed by atoms with Gasteiger partial charge >= 0.3 is 12.1 Å². The standard InChI is InChI=1S/C31H26F4N2O2S/c32-25-13-11-24(12-14-25)29(38)36-26(19-22-7-3-1-4-8-22)20-37(30(39)31(33,34)35)27-15-17-28(18-16-27)40-21-23-9-5-2-6-10-23/h1-18,26H,19-21H2,(H,36,38)/t26-/m0/s1. The van der Waals surface area contributed by atoms with Gasteiger partial charge in [0.1, 0.15) is 5.82 Å². The van der Waals surface area contributed by atoms with Crippen LogP contribution in [0.5, 0.6) is 0 Å². The molecular formula is C31H26F4N2O2S. The molecule has 0 aliphatic carbocycles. The van der Waals surface area contributed by atoms with Gasteiger partial charge in [-0.2, -0.15) is 13.2 Å². The highest BCUT2D eigenvalue weighted by Gasteiger charge is 2.43. The van der Waals surface area contributed by atoms with Crippen molar-refractivity contribution in [3.8, 4) is 0 Å². The van der Waals surface area contributed by atoms with Gasteiger partial charge in [-0.25, -0.2) is 4.39 Å². The highest BCUT2D eigenvalue weighted by atomic mass is 32.2. The number of nitrogens with one attached hydrogen (secondary N) is 1. The van der Waals surface area contributed by atoms with Crippen LogP contribution >= 0.6 is 11.8 Å². The summed E-state index contributed by atoms with van der Waals surface area (Å²) in [7, 11) is 0. The Morgan fingerprint density at radius 1 is 0.775 bits per heavy atom. The van der Waals surface area contributed by atoms with Gasteiger partial charge in [0.25, 0.3) is 5.91 Å². The minimum Gasteiger partial charge on any atom is -0.347 e. The molecule has 206 valence electrons. The smallest absolute Gasteiger partial charge is 0.347 e. The van der Waals surface area contributed by atoms with Crippen LogP contribution in [0.1, 0.15) is 21.5 Å². The predicted octanol–water partition coefficient (Wildman–Crippen LogP) is 7.05. The third-order valence-corrected chi connectivity index (χ3v) is 7.14. The molecular weight excluding hydrogens is 540 g/mol. The highest BCUT2D eigenvalue weighted by molar-refractivity contribution is 7.98. The van der Waals surface area contributed by atoms with Gasteiger partial charge in [0.2, 0.25) is 0 Å². The lowest BCUT2D eigenvalue weighted by Gasteiger charge is -2.29. The quantitative estimate of drug-likeness (QED) is 0.165. The Morgan fingerprint density at radius 3 is 1.93 bits per heavy atom. The number of alkyl halides is 3. The molecule has 2 amide bonds. The predicted molar refractivity (Wildman–Crippen MR) is 149 cm³/mol. The molecule has 0 fully saturated rings. The largest absolute Gasteiger partial charge is 0.471 e. The molecule has 0 saturated carbocycles. The molecule has 4 aromatic rings. The first-order chi connectivity index (χ1) is 19.2. The van der Waals surface area contributed by atoms with Crippen molar-refractivity contribution in [2.24, 2.45) is 0 Å². The first kappa shape index (κ1) is 28.9. The monoisotopic (exact) mass is 566 g/mol. The molecule has 0 radical (unpaired) electrons. The number of carbonyl (C=O) groups is 2. The van der Waals surface area contributed by atoms with Crippen LogP contribution in [0.2, 0.25) is 0 Å². The maximum absolute atomic E-state index is 13.7. The third-order valence-electron chi connectivity index (χ3n) is 6.05. The van der Waals surface area contributed by atoms with Gasteiger partial charge < -0.3 is 10.2 Å². The second-order valence-electron chi connectivity index (χ2n) is 9.05. The summed E-state index contributed by atoms with van der Waals surface area (Å²) in [6, 6.07) is 28.9. The zero-order chi connectivity index (χ0) is 28.5. The summed E-state index contributed by atoms with van der Waals surface area (Å²) in [4.78, 5) is 27.0. The van der Waals surface area contributed by atoms with Crippen molar-refractivity contribution in [3.63, 3.8) is 0 Å². The summed E-state index contributed by atoms with van der Waals surface area (Å²) in [6.07, 6.45) is -4.96. The Bertz CT molecular complexity index is 1400. The van der Waals surface area contributed by atoms with Crippen LogP contribution in [0.3, 0.4) is 0 Å². The molecule has 0 unspecified atom stereocenters. The van der Waals surface area contributed by atoms with Gasteiger partial charge in [-0.3, -0.25) is 9.59 Å². The van der Waals surface area contributed by atoms with E-state index in [0.717, 1.165) is 28.2 Å². The number of anilines is 1. The Balaban J connectivity index is 1.57. The van der Waals surface area contributed by atoms with Crippen LogP contribution in [-0.2, 0) is 17.0 Å². The maximum Gasteiger partial charge on any atom is 0.471 e. The van der Waals surface area contributed by atoms with Crippen LogP contribution < -0.4 is 10.2 Å². The van der Waals surface area contributed by atoms with Gasteiger partial charge in [0.15, 0.2) is 0 Å². The number of halogens is 4. The Kier molecular flexibility index (Phi) is 9.60. The summed E-state index contributed by atoms with van der Waals surface area (Å²) >= 11 is 1.52. The van der Waals surface area contributed by atoms with Crippen molar-refractivity contribution in [1.29, 1.82) is 0 Å². The van der Waals surface area contributed by atoms with E-state index in [1.54, 1.807) is 42.5 Å². The van der Waals surface area contributed by atoms with Gasteiger partial charge in [-0.05, 0) is 66.1 Å². The molecule has 1 N–H and O–H groups in total. The van der Waals surface area contributed by atoms with E-state index < -0.39 is 36.4 Å². The fourth-order valence-corrected chi connectivity index (χ4v) is 4.93. The average molecular weight is 567 g/mol. The second kappa shape index (κ2) is 13.3. The summed E-state index contributed by atoms with van der Waals surface area (Å²) in [5.74, 6) is -2.47. The molecule has 4 nitrogen and oxygen atoms in total. The van der Waals surface area contributed by atoms with Crippen LogP contribution in [0.25, 0.3) is 0 Å². The number of benzene rings is 4. The second-order valence-corrected chi connectivity index (χ2v) is 10.1. The molecule has 0 aliphatic rings.